The molecule has 0 radical (unpaired) electrons. The summed E-state index contributed by atoms with van der Waals surface area (Å²) in [6.07, 6.45) is 0.355. The normalized spacial score (nSPS) is 10.7. The van der Waals surface area contributed by atoms with E-state index >= 15 is 0 Å². The molecule has 0 saturated heterocycles. The molecule has 3 rings (SSSR count). The number of rotatable bonds is 4. The molecule has 0 amide bonds. The first-order valence-corrected chi connectivity index (χ1v) is 7.33. The molecule has 0 aliphatic heterocycles. The van der Waals surface area contributed by atoms with Crippen molar-refractivity contribution in [3.63, 3.8) is 0 Å². The van der Waals surface area contributed by atoms with Crippen molar-refractivity contribution in [2.45, 2.75) is 6.42 Å². The van der Waals surface area contributed by atoms with Gasteiger partial charge in [-0.1, -0.05) is 6.07 Å². The molecule has 0 fully saturated rings. The zero-order valence-corrected chi connectivity index (χ0v) is 12.8. The lowest BCUT2D eigenvalue weighted by Gasteiger charge is -2.09. The molecule has 0 spiro atoms. The van der Waals surface area contributed by atoms with E-state index in [1.54, 1.807) is 0 Å². The summed E-state index contributed by atoms with van der Waals surface area (Å²) in [6.45, 7) is 0. The van der Waals surface area contributed by atoms with Crippen LogP contribution in [0.3, 0.4) is 0 Å². The summed E-state index contributed by atoms with van der Waals surface area (Å²) in [4.78, 5) is 15.4. The zero-order valence-electron chi connectivity index (χ0n) is 12.8. The van der Waals surface area contributed by atoms with Gasteiger partial charge in [-0.3, -0.25) is 9.78 Å². The second-order valence-electron chi connectivity index (χ2n) is 5.36. The maximum Gasteiger partial charge on any atom is 0.168 e. The summed E-state index contributed by atoms with van der Waals surface area (Å²) in [5.74, 6) is -3.38. The minimum absolute atomic E-state index is 0.00691. The third-order valence-electron chi connectivity index (χ3n) is 3.73. The van der Waals surface area contributed by atoms with E-state index in [1.165, 1.54) is 24.3 Å². The summed E-state index contributed by atoms with van der Waals surface area (Å²) in [5.41, 5.74) is 0.310. The fourth-order valence-corrected chi connectivity index (χ4v) is 2.47. The summed E-state index contributed by atoms with van der Waals surface area (Å²) >= 11 is 0. The highest BCUT2D eigenvalue weighted by Crippen LogP contribution is 2.25. The zero-order chi connectivity index (χ0) is 18.0. The first-order valence-electron chi connectivity index (χ1n) is 7.33. The largest absolute Gasteiger partial charge is 0.298 e. The SMILES string of the molecule is O=Cc1ccc(-c2cccc(F)c2F)nc1Cc1cc(F)ccc1F. The number of carbonyl (C=O) groups is 1. The number of hydrogen-bond donors (Lipinski definition) is 0. The van der Waals surface area contributed by atoms with E-state index in [-0.39, 0.29) is 34.5 Å². The number of benzene rings is 2. The van der Waals surface area contributed by atoms with E-state index in [2.05, 4.69) is 4.98 Å². The molecule has 1 heterocycles. The Morgan fingerprint density at radius 2 is 1.72 bits per heavy atom. The maximum absolute atomic E-state index is 14.0. The van der Waals surface area contributed by atoms with Gasteiger partial charge >= 0.3 is 0 Å². The second kappa shape index (κ2) is 6.84. The van der Waals surface area contributed by atoms with E-state index in [4.69, 9.17) is 0 Å². The van der Waals surface area contributed by atoms with E-state index in [9.17, 15) is 22.4 Å². The molecule has 1 aromatic heterocycles. The van der Waals surface area contributed by atoms with Crippen molar-refractivity contribution in [1.29, 1.82) is 0 Å². The molecule has 0 saturated carbocycles. The topological polar surface area (TPSA) is 30.0 Å². The highest BCUT2D eigenvalue weighted by molar-refractivity contribution is 5.78. The lowest BCUT2D eigenvalue weighted by molar-refractivity contribution is 0.112. The number of aromatic nitrogens is 1. The van der Waals surface area contributed by atoms with Gasteiger partial charge in [0.15, 0.2) is 17.9 Å². The Labute approximate surface area is 140 Å². The highest BCUT2D eigenvalue weighted by atomic mass is 19.2. The fraction of sp³-hybridized carbons (Fsp3) is 0.0526. The molecule has 126 valence electrons. The molecule has 0 atom stereocenters. The maximum atomic E-state index is 14.0. The lowest BCUT2D eigenvalue weighted by atomic mass is 10.0. The van der Waals surface area contributed by atoms with Gasteiger partial charge in [0, 0.05) is 17.5 Å². The molecule has 0 aliphatic rings. The van der Waals surface area contributed by atoms with E-state index in [1.807, 2.05) is 0 Å². The summed E-state index contributed by atoms with van der Waals surface area (Å²) in [6, 6.07) is 9.34. The Hall–Kier alpha value is -3.02. The highest BCUT2D eigenvalue weighted by Gasteiger charge is 2.15. The first kappa shape index (κ1) is 16.8. The Morgan fingerprint density at radius 1 is 0.920 bits per heavy atom. The van der Waals surface area contributed by atoms with Gasteiger partial charge in [-0.05, 0) is 48.0 Å². The Balaban J connectivity index is 2.08. The van der Waals surface area contributed by atoms with Gasteiger partial charge in [0.05, 0.1) is 11.4 Å². The van der Waals surface area contributed by atoms with Gasteiger partial charge in [0.1, 0.15) is 11.6 Å². The number of carbonyl (C=O) groups excluding carboxylic acids is 1. The molecular weight excluding hydrogens is 334 g/mol. The molecule has 3 aromatic rings. The van der Waals surface area contributed by atoms with Gasteiger partial charge in [-0.15, -0.1) is 0 Å². The predicted molar refractivity (Wildman–Crippen MR) is 84.1 cm³/mol. The lowest BCUT2D eigenvalue weighted by Crippen LogP contribution is -2.03. The smallest absolute Gasteiger partial charge is 0.168 e. The minimum Gasteiger partial charge on any atom is -0.298 e. The predicted octanol–water partition coefficient (Wildman–Crippen LogP) is 4.71. The van der Waals surface area contributed by atoms with Crippen LogP contribution in [0.15, 0.2) is 48.5 Å². The number of pyridine rings is 1. The molecule has 6 heteroatoms. The average molecular weight is 345 g/mol. The van der Waals surface area contributed by atoms with Gasteiger partial charge in [0.2, 0.25) is 0 Å². The molecular formula is C19H11F4NO. The molecule has 25 heavy (non-hydrogen) atoms. The van der Waals surface area contributed by atoms with Crippen LogP contribution in [0.4, 0.5) is 17.6 Å². The average Bonchev–Trinajstić information content (AvgIpc) is 2.60. The number of hydrogen-bond acceptors (Lipinski definition) is 2. The van der Waals surface area contributed by atoms with Crippen molar-refractivity contribution in [3.05, 3.63) is 88.6 Å². The number of nitrogens with zero attached hydrogens (tertiary/aromatic N) is 1. The number of halogens is 4. The molecule has 0 unspecified atom stereocenters. The Kier molecular flexibility index (Phi) is 4.61. The van der Waals surface area contributed by atoms with Crippen LogP contribution in [-0.4, -0.2) is 11.3 Å². The summed E-state index contributed by atoms with van der Waals surface area (Å²) in [7, 11) is 0. The molecule has 2 nitrogen and oxygen atoms in total. The van der Waals surface area contributed by atoms with Crippen LogP contribution in [0.1, 0.15) is 21.6 Å². The van der Waals surface area contributed by atoms with Crippen molar-refractivity contribution >= 4 is 6.29 Å². The number of aldehydes is 1. The summed E-state index contributed by atoms with van der Waals surface area (Å²) < 4.78 is 54.5. The molecule has 0 N–H and O–H groups in total. The quantitative estimate of drug-likeness (QED) is 0.506. The van der Waals surface area contributed by atoms with Gasteiger partial charge in [0.25, 0.3) is 0 Å². The van der Waals surface area contributed by atoms with Crippen LogP contribution < -0.4 is 0 Å². The monoisotopic (exact) mass is 345 g/mol. The van der Waals surface area contributed by atoms with E-state index in [0.29, 0.717) is 6.29 Å². The third-order valence-corrected chi connectivity index (χ3v) is 3.73. The third kappa shape index (κ3) is 3.42. The minimum atomic E-state index is -1.07. The van der Waals surface area contributed by atoms with Crippen molar-refractivity contribution in [3.8, 4) is 11.3 Å². The van der Waals surface area contributed by atoms with E-state index in [0.717, 1.165) is 24.3 Å². The van der Waals surface area contributed by atoms with Crippen LogP contribution in [0.25, 0.3) is 11.3 Å². The van der Waals surface area contributed by atoms with E-state index < -0.39 is 23.3 Å². The molecule has 0 aliphatic carbocycles. The van der Waals surface area contributed by atoms with Gasteiger partial charge < -0.3 is 0 Å². The summed E-state index contributed by atoms with van der Waals surface area (Å²) in [5, 5.41) is 0. The van der Waals surface area contributed by atoms with Crippen LogP contribution in [0.5, 0.6) is 0 Å². The van der Waals surface area contributed by atoms with Crippen molar-refractivity contribution in [1.82, 2.24) is 4.98 Å². The first-order chi connectivity index (χ1) is 12.0. The van der Waals surface area contributed by atoms with Gasteiger partial charge in [-0.25, -0.2) is 17.6 Å². The molecule has 2 aromatic carbocycles. The Morgan fingerprint density at radius 3 is 2.48 bits per heavy atom. The van der Waals surface area contributed by atoms with Crippen molar-refractivity contribution < 1.29 is 22.4 Å². The van der Waals surface area contributed by atoms with Crippen LogP contribution in [-0.2, 0) is 6.42 Å². The Bertz CT molecular complexity index is 956. The fourth-order valence-electron chi connectivity index (χ4n) is 2.47. The standard InChI is InChI=1S/C19H11F4NO/c20-13-5-6-15(21)12(8-13)9-18-11(10-25)4-7-17(24-18)14-2-1-3-16(22)19(14)23/h1-8,10H,9H2. The van der Waals surface area contributed by atoms with Crippen molar-refractivity contribution in [2.75, 3.05) is 0 Å². The van der Waals surface area contributed by atoms with Crippen LogP contribution >= 0.6 is 0 Å². The van der Waals surface area contributed by atoms with Gasteiger partial charge in [-0.2, -0.15) is 0 Å². The molecule has 0 bridgehead atoms. The second-order valence-corrected chi connectivity index (χ2v) is 5.36. The van der Waals surface area contributed by atoms with Crippen LogP contribution in [0, 0.1) is 23.3 Å². The van der Waals surface area contributed by atoms with Crippen molar-refractivity contribution in [2.24, 2.45) is 0 Å². The van der Waals surface area contributed by atoms with Crippen LogP contribution in [0.2, 0.25) is 0 Å².